The van der Waals surface area contributed by atoms with Gasteiger partial charge in [0.2, 0.25) is 0 Å². The molecular formula is C15H22Cl2N2O2. The average molecular weight is 333 g/mol. The van der Waals surface area contributed by atoms with Gasteiger partial charge in [-0.1, -0.05) is 30.1 Å². The van der Waals surface area contributed by atoms with Crippen LogP contribution in [0.3, 0.4) is 0 Å². The standard InChI is InChI=1S/C15H22Cl2N2O2/c1-10(9-19(3)4)8-18-15(20)11(2)21-14-6-5-12(16)7-13(14)17/h5-7,10-11H,8-9H2,1-4H3,(H,18,20). The molecule has 0 radical (unpaired) electrons. The van der Waals surface area contributed by atoms with Crippen molar-refractivity contribution in [2.75, 3.05) is 27.2 Å². The van der Waals surface area contributed by atoms with Gasteiger partial charge in [-0.2, -0.15) is 0 Å². The van der Waals surface area contributed by atoms with Gasteiger partial charge in [0.25, 0.3) is 5.91 Å². The average Bonchev–Trinajstić information content (AvgIpc) is 2.38. The molecule has 0 aromatic heterocycles. The van der Waals surface area contributed by atoms with Crippen molar-refractivity contribution in [1.29, 1.82) is 0 Å². The van der Waals surface area contributed by atoms with E-state index in [1.807, 2.05) is 14.1 Å². The smallest absolute Gasteiger partial charge is 0.260 e. The van der Waals surface area contributed by atoms with E-state index in [9.17, 15) is 4.79 Å². The zero-order chi connectivity index (χ0) is 16.0. The summed E-state index contributed by atoms with van der Waals surface area (Å²) in [6.45, 7) is 5.30. The van der Waals surface area contributed by atoms with Crippen molar-refractivity contribution in [3.05, 3.63) is 28.2 Å². The van der Waals surface area contributed by atoms with Crippen LogP contribution in [0.15, 0.2) is 18.2 Å². The van der Waals surface area contributed by atoms with Crippen molar-refractivity contribution >= 4 is 29.1 Å². The van der Waals surface area contributed by atoms with Gasteiger partial charge in [0.05, 0.1) is 5.02 Å². The number of hydrogen-bond acceptors (Lipinski definition) is 3. The van der Waals surface area contributed by atoms with Crippen LogP contribution in [0.4, 0.5) is 0 Å². The van der Waals surface area contributed by atoms with Gasteiger partial charge in [0, 0.05) is 18.1 Å². The first-order valence-electron chi connectivity index (χ1n) is 6.83. The molecule has 0 saturated carbocycles. The minimum Gasteiger partial charge on any atom is -0.479 e. The van der Waals surface area contributed by atoms with E-state index in [4.69, 9.17) is 27.9 Å². The molecule has 0 aliphatic rings. The molecule has 0 aliphatic carbocycles. The molecule has 6 heteroatoms. The fourth-order valence-electron chi connectivity index (χ4n) is 1.92. The molecule has 0 fully saturated rings. The first-order valence-corrected chi connectivity index (χ1v) is 7.59. The maximum Gasteiger partial charge on any atom is 0.260 e. The number of carbonyl (C=O) groups excluding carboxylic acids is 1. The zero-order valence-corrected chi connectivity index (χ0v) is 14.3. The number of rotatable bonds is 7. The topological polar surface area (TPSA) is 41.6 Å². The van der Waals surface area contributed by atoms with Crippen LogP contribution in [-0.4, -0.2) is 44.1 Å². The van der Waals surface area contributed by atoms with E-state index in [1.54, 1.807) is 25.1 Å². The molecule has 2 unspecified atom stereocenters. The molecule has 1 rings (SSSR count). The summed E-state index contributed by atoms with van der Waals surface area (Å²) in [5.74, 6) is 0.659. The summed E-state index contributed by atoms with van der Waals surface area (Å²) >= 11 is 11.8. The number of benzene rings is 1. The van der Waals surface area contributed by atoms with Crippen molar-refractivity contribution in [1.82, 2.24) is 10.2 Å². The second-order valence-corrected chi connectivity index (χ2v) is 6.29. The van der Waals surface area contributed by atoms with Gasteiger partial charge in [0.1, 0.15) is 5.75 Å². The predicted octanol–water partition coefficient (Wildman–Crippen LogP) is 3.07. The van der Waals surface area contributed by atoms with Crippen molar-refractivity contribution in [3.8, 4) is 5.75 Å². The van der Waals surface area contributed by atoms with Crippen LogP contribution in [0.1, 0.15) is 13.8 Å². The summed E-state index contributed by atoms with van der Waals surface area (Å²) < 4.78 is 5.56. The number of nitrogens with zero attached hydrogens (tertiary/aromatic N) is 1. The lowest BCUT2D eigenvalue weighted by Gasteiger charge is -2.19. The van der Waals surface area contributed by atoms with E-state index in [0.717, 1.165) is 6.54 Å². The van der Waals surface area contributed by atoms with Crippen molar-refractivity contribution in [2.24, 2.45) is 5.92 Å². The molecule has 2 atom stereocenters. The highest BCUT2D eigenvalue weighted by molar-refractivity contribution is 6.35. The maximum atomic E-state index is 12.0. The summed E-state index contributed by atoms with van der Waals surface area (Å²) in [5.41, 5.74) is 0. The second kappa shape index (κ2) is 8.47. The lowest BCUT2D eigenvalue weighted by molar-refractivity contribution is -0.127. The Morgan fingerprint density at radius 2 is 2.00 bits per heavy atom. The molecule has 0 aliphatic heterocycles. The summed E-state index contributed by atoms with van der Waals surface area (Å²) in [6.07, 6.45) is -0.616. The Labute approximate surface area is 136 Å². The van der Waals surface area contributed by atoms with Crippen LogP contribution in [0.25, 0.3) is 0 Å². The Morgan fingerprint density at radius 1 is 1.33 bits per heavy atom. The lowest BCUT2D eigenvalue weighted by atomic mass is 10.1. The first kappa shape index (κ1) is 18.1. The Balaban J connectivity index is 2.47. The molecule has 0 spiro atoms. The van der Waals surface area contributed by atoms with E-state index in [0.29, 0.717) is 28.3 Å². The molecule has 21 heavy (non-hydrogen) atoms. The molecule has 0 heterocycles. The van der Waals surface area contributed by atoms with Gasteiger partial charge >= 0.3 is 0 Å². The highest BCUT2D eigenvalue weighted by Gasteiger charge is 2.17. The molecular weight excluding hydrogens is 311 g/mol. The predicted molar refractivity (Wildman–Crippen MR) is 87.3 cm³/mol. The largest absolute Gasteiger partial charge is 0.479 e. The van der Waals surface area contributed by atoms with Gasteiger partial charge in [-0.15, -0.1) is 0 Å². The minimum atomic E-state index is -0.616. The van der Waals surface area contributed by atoms with Crippen LogP contribution in [0.2, 0.25) is 10.0 Å². The molecule has 1 aromatic rings. The first-order chi connectivity index (χ1) is 9.79. The highest BCUT2D eigenvalue weighted by Crippen LogP contribution is 2.28. The Hall–Kier alpha value is -0.970. The Bertz CT molecular complexity index is 481. The lowest BCUT2D eigenvalue weighted by Crippen LogP contribution is -2.40. The van der Waals surface area contributed by atoms with E-state index in [1.165, 1.54) is 0 Å². The fourth-order valence-corrected chi connectivity index (χ4v) is 2.37. The van der Waals surface area contributed by atoms with Gasteiger partial charge in [-0.05, 0) is 45.1 Å². The number of carbonyl (C=O) groups is 1. The highest BCUT2D eigenvalue weighted by atomic mass is 35.5. The SMILES string of the molecule is CC(CNC(=O)C(C)Oc1ccc(Cl)cc1Cl)CN(C)C. The quantitative estimate of drug-likeness (QED) is 0.834. The van der Waals surface area contributed by atoms with Crippen LogP contribution in [-0.2, 0) is 4.79 Å². The Morgan fingerprint density at radius 3 is 2.57 bits per heavy atom. The van der Waals surface area contributed by atoms with Crippen molar-refractivity contribution < 1.29 is 9.53 Å². The number of ether oxygens (including phenoxy) is 1. The summed E-state index contributed by atoms with van der Waals surface area (Å²) in [7, 11) is 4.01. The molecule has 1 N–H and O–H groups in total. The van der Waals surface area contributed by atoms with Gasteiger partial charge in [-0.25, -0.2) is 0 Å². The molecule has 1 aromatic carbocycles. The Kier molecular flexibility index (Phi) is 7.29. The molecule has 1 amide bonds. The van der Waals surface area contributed by atoms with E-state index in [-0.39, 0.29) is 5.91 Å². The molecule has 0 bridgehead atoms. The number of amides is 1. The zero-order valence-electron chi connectivity index (χ0n) is 12.8. The fraction of sp³-hybridized carbons (Fsp3) is 0.533. The van der Waals surface area contributed by atoms with Crippen LogP contribution >= 0.6 is 23.2 Å². The minimum absolute atomic E-state index is 0.161. The number of halogens is 2. The number of nitrogens with one attached hydrogen (secondary N) is 1. The van der Waals surface area contributed by atoms with Gasteiger partial charge < -0.3 is 15.0 Å². The third-order valence-electron chi connectivity index (χ3n) is 2.87. The number of hydrogen-bond donors (Lipinski definition) is 1. The maximum absolute atomic E-state index is 12.0. The van der Waals surface area contributed by atoms with Crippen LogP contribution in [0.5, 0.6) is 5.75 Å². The molecule has 4 nitrogen and oxygen atoms in total. The second-order valence-electron chi connectivity index (χ2n) is 5.45. The van der Waals surface area contributed by atoms with Crippen molar-refractivity contribution in [3.63, 3.8) is 0 Å². The third-order valence-corrected chi connectivity index (χ3v) is 3.40. The van der Waals surface area contributed by atoms with Gasteiger partial charge in [0.15, 0.2) is 6.10 Å². The summed E-state index contributed by atoms with van der Waals surface area (Å²) in [4.78, 5) is 14.1. The van der Waals surface area contributed by atoms with E-state index >= 15 is 0 Å². The molecule has 0 saturated heterocycles. The normalized spacial score (nSPS) is 13.9. The van der Waals surface area contributed by atoms with Crippen LogP contribution < -0.4 is 10.1 Å². The molecule has 118 valence electrons. The van der Waals surface area contributed by atoms with Crippen molar-refractivity contribution in [2.45, 2.75) is 20.0 Å². The summed E-state index contributed by atoms with van der Waals surface area (Å²) in [6, 6.07) is 4.91. The van der Waals surface area contributed by atoms with E-state index < -0.39 is 6.10 Å². The summed E-state index contributed by atoms with van der Waals surface area (Å²) in [5, 5.41) is 3.80. The third kappa shape index (κ3) is 6.55. The van der Waals surface area contributed by atoms with Gasteiger partial charge in [-0.3, -0.25) is 4.79 Å². The van der Waals surface area contributed by atoms with E-state index in [2.05, 4.69) is 17.1 Å². The van der Waals surface area contributed by atoms with Crippen LogP contribution in [0, 0.1) is 5.92 Å². The monoisotopic (exact) mass is 332 g/mol.